The Morgan fingerprint density at radius 1 is 1.38 bits per heavy atom. The minimum absolute atomic E-state index is 0.144. The third kappa shape index (κ3) is 4.34. The van der Waals surface area contributed by atoms with E-state index in [1.807, 2.05) is 30.0 Å². The van der Waals surface area contributed by atoms with Crippen LogP contribution in [-0.4, -0.2) is 29.9 Å². The molecule has 1 saturated carbocycles. The normalized spacial score (nSPS) is 13.5. The van der Waals surface area contributed by atoms with Crippen molar-refractivity contribution in [3.8, 4) is 11.8 Å². The van der Waals surface area contributed by atoms with Gasteiger partial charge in [-0.3, -0.25) is 4.79 Å². The fourth-order valence-electron chi connectivity index (χ4n) is 2.46. The highest BCUT2D eigenvalue weighted by molar-refractivity contribution is 5.95. The molecule has 3 nitrogen and oxygen atoms in total. The van der Waals surface area contributed by atoms with Crippen LogP contribution >= 0.6 is 0 Å². The smallest absolute Gasteiger partial charge is 0.254 e. The third-order valence-corrected chi connectivity index (χ3v) is 3.66. The van der Waals surface area contributed by atoms with Crippen molar-refractivity contribution in [2.75, 3.05) is 13.1 Å². The number of nitrogens with zero attached hydrogens (tertiary/aromatic N) is 1. The summed E-state index contributed by atoms with van der Waals surface area (Å²) in [5.41, 5.74) is 8.10. The second-order valence-electron chi connectivity index (χ2n) is 5.68. The maximum atomic E-state index is 12.8. The zero-order valence-corrected chi connectivity index (χ0v) is 13.0. The van der Waals surface area contributed by atoms with Gasteiger partial charge in [-0.2, -0.15) is 0 Å². The van der Waals surface area contributed by atoms with Gasteiger partial charge in [0.15, 0.2) is 0 Å². The van der Waals surface area contributed by atoms with Crippen molar-refractivity contribution < 1.29 is 4.79 Å². The number of hydrogen-bond donors (Lipinski definition) is 1. The molecule has 112 valence electrons. The van der Waals surface area contributed by atoms with Crippen LogP contribution in [0, 0.1) is 18.8 Å². The van der Waals surface area contributed by atoms with E-state index in [4.69, 9.17) is 5.73 Å². The van der Waals surface area contributed by atoms with Crippen LogP contribution in [0.1, 0.15) is 54.1 Å². The molecule has 0 spiro atoms. The molecule has 3 heteroatoms. The number of nitrogens with two attached hydrogens (primary N) is 1. The lowest BCUT2D eigenvalue weighted by Crippen LogP contribution is -2.34. The van der Waals surface area contributed by atoms with E-state index in [1.165, 1.54) is 0 Å². The molecule has 0 aromatic heterocycles. The number of aryl methyl sites for hydroxylation is 1. The maximum absolute atomic E-state index is 12.8. The molecule has 1 amide bonds. The number of carbonyl (C=O) groups excluding carboxylic acids is 1. The second kappa shape index (κ2) is 7.28. The second-order valence-corrected chi connectivity index (χ2v) is 5.68. The molecule has 2 rings (SSSR count). The molecule has 0 heterocycles. The summed E-state index contributed by atoms with van der Waals surface area (Å²) >= 11 is 0. The van der Waals surface area contributed by atoms with E-state index in [1.54, 1.807) is 0 Å². The summed E-state index contributed by atoms with van der Waals surface area (Å²) in [6.07, 6.45) is 4.45. The Morgan fingerprint density at radius 3 is 2.76 bits per heavy atom. The highest BCUT2D eigenvalue weighted by Gasteiger charge is 2.32. The highest BCUT2D eigenvalue weighted by Crippen LogP contribution is 2.29. The predicted molar refractivity (Wildman–Crippen MR) is 86.1 cm³/mol. The van der Waals surface area contributed by atoms with Gasteiger partial charge < -0.3 is 10.6 Å². The topological polar surface area (TPSA) is 46.3 Å². The molecule has 0 bridgehead atoms. The first-order valence-electron chi connectivity index (χ1n) is 7.77. The van der Waals surface area contributed by atoms with Gasteiger partial charge in [0.2, 0.25) is 0 Å². The number of amides is 1. The van der Waals surface area contributed by atoms with Gasteiger partial charge in [-0.1, -0.05) is 25.2 Å². The zero-order valence-electron chi connectivity index (χ0n) is 13.0. The van der Waals surface area contributed by atoms with Gasteiger partial charge in [-0.25, -0.2) is 0 Å². The molecule has 21 heavy (non-hydrogen) atoms. The van der Waals surface area contributed by atoms with E-state index >= 15 is 0 Å². The monoisotopic (exact) mass is 284 g/mol. The van der Waals surface area contributed by atoms with Crippen molar-refractivity contribution in [2.45, 2.75) is 45.6 Å². The molecular weight excluding hydrogens is 260 g/mol. The highest BCUT2D eigenvalue weighted by atomic mass is 16.2. The van der Waals surface area contributed by atoms with Crippen LogP contribution in [0.15, 0.2) is 18.2 Å². The molecule has 1 aromatic rings. The van der Waals surface area contributed by atoms with Gasteiger partial charge in [-0.15, -0.1) is 0 Å². The number of unbranched alkanes of at least 4 members (excludes halogenated alkanes) is 1. The number of carbonyl (C=O) groups is 1. The summed E-state index contributed by atoms with van der Waals surface area (Å²) in [5, 5.41) is 0. The average Bonchev–Trinajstić information content (AvgIpc) is 3.29. The van der Waals surface area contributed by atoms with Crippen molar-refractivity contribution in [3.05, 3.63) is 34.9 Å². The van der Waals surface area contributed by atoms with E-state index in [-0.39, 0.29) is 5.91 Å². The van der Waals surface area contributed by atoms with Crippen LogP contribution in [-0.2, 0) is 0 Å². The minimum Gasteiger partial charge on any atom is -0.336 e. The van der Waals surface area contributed by atoms with Crippen LogP contribution in [0.25, 0.3) is 0 Å². The summed E-state index contributed by atoms with van der Waals surface area (Å²) in [6.45, 7) is 5.35. The molecular formula is C18H24N2O. The molecule has 1 aromatic carbocycles. The Bertz CT molecular complexity index is 564. The summed E-state index contributed by atoms with van der Waals surface area (Å²) < 4.78 is 0. The Morgan fingerprint density at radius 2 is 2.14 bits per heavy atom. The quantitative estimate of drug-likeness (QED) is 0.845. The molecule has 1 aliphatic carbocycles. The van der Waals surface area contributed by atoms with E-state index in [9.17, 15) is 4.79 Å². The van der Waals surface area contributed by atoms with Crippen molar-refractivity contribution in [2.24, 2.45) is 5.73 Å². The third-order valence-electron chi connectivity index (χ3n) is 3.66. The lowest BCUT2D eigenvalue weighted by atomic mass is 10.1. The fraction of sp³-hybridized carbons (Fsp3) is 0.500. The van der Waals surface area contributed by atoms with Crippen LogP contribution < -0.4 is 5.73 Å². The van der Waals surface area contributed by atoms with E-state index in [0.29, 0.717) is 12.6 Å². The first-order chi connectivity index (χ1) is 10.2. The van der Waals surface area contributed by atoms with E-state index < -0.39 is 0 Å². The first kappa shape index (κ1) is 15.6. The minimum atomic E-state index is 0.144. The molecule has 2 N–H and O–H groups in total. The molecule has 0 saturated heterocycles. The Kier molecular flexibility index (Phi) is 5.41. The zero-order chi connectivity index (χ0) is 15.2. The Labute approximate surface area is 127 Å². The van der Waals surface area contributed by atoms with Crippen molar-refractivity contribution in [1.29, 1.82) is 0 Å². The SMILES string of the molecule is CCCCN(C(=O)c1cc(C)cc(C#CCN)c1)C1CC1. The first-order valence-corrected chi connectivity index (χ1v) is 7.77. The summed E-state index contributed by atoms with van der Waals surface area (Å²) in [7, 11) is 0. The molecule has 1 fully saturated rings. The average molecular weight is 284 g/mol. The largest absolute Gasteiger partial charge is 0.336 e. The van der Waals surface area contributed by atoms with Crippen LogP contribution in [0.5, 0.6) is 0 Å². The summed E-state index contributed by atoms with van der Waals surface area (Å²) in [4.78, 5) is 14.8. The lowest BCUT2D eigenvalue weighted by Gasteiger charge is -2.22. The Hall–Kier alpha value is -1.79. The van der Waals surface area contributed by atoms with Crippen LogP contribution in [0.4, 0.5) is 0 Å². The summed E-state index contributed by atoms with van der Waals surface area (Å²) in [5.74, 6) is 6.01. The van der Waals surface area contributed by atoms with E-state index in [0.717, 1.165) is 48.9 Å². The lowest BCUT2D eigenvalue weighted by molar-refractivity contribution is 0.0740. The van der Waals surface area contributed by atoms with Gasteiger partial charge in [0, 0.05) is 23.7 Å². The van der Waals surface area contributed by atoms with Gasteiger partial charge >= 0.3 is 0 Å². The van der Waals surface area contributed by atoms with Gasteiger partial charge in [-0.05, 0) is 49.9 Å². The van der Waals surface area contributed by atoms with Crippen LogP contribution in [0.3, 0.4) is 0 Å². The molecule has 0 atom stereocenters. The van der Waals surface area contributed by atoms with Gasteiger partial charge in [0.25, 0.3) is 5.91 Å². The van der Waals surface area contributed by atoms with Crippen LogP contribution in [0.2, 0.25) is 0 Å². The fourth-order valence-corrected chi connectivity index (χ4v) is 2.46. The number of rotatable bonds is 5. The molecule has 0 aliphatic heterocycles. The van der Waals surface area contributed by atoms with Crippen molar-refractivity contribution >= 4 is 5.91 Å². The van der Waals surface area contributed by atoms with Gasteiger partial charge in [0.05, 0.1) is 6.54 Å². The molecule has 0 unspecified atom stereocenters. The molecule has 0 radical (unpaired) electrons. The predicted octanol–water partition coefficient (Wildman–Crippen LogP) is 2.71. The number of hydrogen-bond acceptors (Lipinski definition) is 2. The summed E-state index contributed by atoms with van der Waals surface area (Å²) in [6, 6.07) is 6.28. The maximum Gasteiger partial charge on any atom is 0.254 e. The van der Waals surface area contributed by atoms with Crippen molar-refractivity contribution in [1.82, 2.24) is 4.90 Å². The van der Waals surface area contributed by atoms with Gasteiger partial charge in [0.1, 0.15) is 0 Å². The van der Waals surface area contributed by atoms with Crippen molar-refractivity contribution in [3.63, 3.8) is 0 Å². The Balaban J connectivity index is 2.22. The molecule has 1 aliphatic rings. The standard InChI is InChI=1S/C18H24N2O/c1-3-4-10-20(17-7-8-17)18(21)16-12-14(2)11-15(13-16)6-5-9-19/h11-13,17H,3-4,7-10,19H2,1-2H3. The van der Waals surface area contributed by atoms with E-state index in [2.05, 4.69) is 18.8 Å². The number of benzene rings is 1.